The van der Waals surface area contributed by atoms with Crippen molar-refractivity contribution in [3.63, 3.8) is 0 Å². The van der Waals surface area contributed by atoms with Gasteiger partial charge in [0.2, 0.25) is 0 Å². The molecular weight excluding hydrogens is 257 g/mol. The maximum Gasteiger partial charge on any atom is 0.434 e. The van der Waals surface area contributed by atoms with Crippen molar-refractivity contribution in [1.29, 1.82) is 0 Å². The van der Waals surface area contributed by atoms with Gasteiger partial charge in [-0.1, -0.05) is 6.08 Å². The fraction of sp³-hybridized carbons (Fsp3) is 0.250. The lowest BCUT2D eigenvalue weighted by Gasteiger charge is -2.07. The van der Waals surface area contributed by atoms with Crippen molar-refractivity contribution in [1.82, 2.24) is 14.4 Å². The van der Waals surface area contributed by atoms with E-state index >= 15 is 0 Å². The zero-order valence-electron chi connectivity index (χ0n) is 9.72. The summed E-state index contributed by atoms with van der Waals surface area (Å²) in [5.74, 6) is 0. The molecule has 0 amide bonds. The summed E-state index contributed by atoms with van der Waals surface area (Å²) in [6.07, 6.45) is 3.76. The first-order chi connectivity index (χ1) is 9.04. The number of fused-ring (bicyclic) bond motifs is 1. The maximum atomic E-state index is 12.6. The number of halogens is 3. The number of hydrogen-bond donors (Lipinski definition) is 0. The first kappa shape index (κ1) is 11.9. The number of aliphatic imine (C=N–C) groups is 1. The Morgan fingerprint density at radius 2 is 2.05 bits per heavy atom. The molecule has 3 heterocycles. The largest absolute Gasteiger partial charge is 0.434 e. The Morgan fingerprint density at radius 1 is 1.21 bits per heavy atom. The number of dihydropyridines is 1. The van der Waals surface area contributed by atoms with Gasteiger partial charge in [-0.15, -0.1) is 0 Å². The molecular formula is C12H9F3N4. The molecule has 0 saturated heterocycles. The molecule has 19 heavy (non-hydrogen) atoms. The topological polar surface area (TPSA) is 42.5 Å². The van der Waals surface area contributed by atoms with Gasteiger partial charge >= 0.3 is 6.18 Å². The van der Waals surface area contributed by atoms with Gasteiger partial charge in [-0.05, 0) is 5.57 Å². The van der Waals surface area contributed by atoms with Gasteiger partial charge in [0.15, 0.2) is 11.3 Å². The smallest absolute Gasteiger partial charge is 0.303 e. The van der Waals surface area contributed by atoms with Gasteiger partial charge in [0, 0.05) is 25.0 Å². The highest BCUT2D eigenvalue weighted by Crippen LogP contribution is 2.28. The number of nitrogens with zero attached hydrogens (tertiary/aromatic N) is 4. The van der Waals surface area contributed by atoms with E-state index in [2.05, 4.69) is 15.0 Å². The van der Waals surface area contributed by atoms with Crippen LogP contribution in [0.2, 0.25) is 0 Å². The van der Waals surface area contributed by atoms with Crippen molar-refractivity contribution in [3.05, 3.63) is 36.1 Å². The molecule has 0 spiro atoms. The highest BCUT2D eigenvalue weighted by Gasteiger charge is 2.33. The molecule has 1 aliphatic heterocycles. The molecule has 0 aliphatic carbocycles. The molecule has 0 saturated carbocycles. The Kier molecular flexibility index (Phi) is 2.62. The normalized spacial score (nSPS) is 15.8. The van der Waals surface area contributed by atoms with Crippen molar-refractivity contribution >= 4 is 17.4 Å². The van der Waals surface area contributed by atoms with Crippen molar-refractivity contribution in [2.75, 3.05) is 6.54 Å². The molecule has 7 heteroatoms. The van der Waals surface area contributed by atoms with Gasteiger partial charge < -0.3 is 4.40 Å². The van der Waals surface area contributed by atoms with E-state index in [4.69, 9.17) is 0 Å². The molecule has 0 N–H and O–H groups in total. The minimum atomic E-state index is -4.44. The Labute approximate surface area is 106 Å². The summed E-state index contributed by atoms with van der Waals surface area (Å²) in [6.45, 7) is 0.576. The van der Waals surface area contributed by atoms with Crippen LogP contribution in [-0.2, 0) is 6.18 Å². The lowest BCUT2D eigenvalue weighted by Crippen LogP contribution is -2.04. The van der Waals surface area contributed by atoms with Crippen molar-refractivity contribution in [2.45, 2.75) is 12.6 Å². The summed E-state index contributed by atoms with van der Waals surface area (Å²) in [6, 6.07) is 0. The molecule has 0 atom stereocenters. The second-order valence-electron chi connectivity index (χ2n) is 4.14. The molecule has 0 fully saturated rings. The van der Waals surface area contributed by atoms with E-state index in [1.54, 1.807) is 12.4 Å². The second-order valence-corrected chi connectivity index (χ2v) is 4.14. The van der Waals surface area contributed by atoms with Crippen LogP contribution in [0.15, 0.2) is 29.7 Å². The Hall–Kier alpha value is -2.18. The standard InChI is InChI=1S/C12H9F3N4/c13-12(14,15)10-7-19-6-9(17-5-11(19)18-10)8-1-3-16-4-2-8/h1,4-7H,2-3H2. The lowest BCUT2D eigenvalue weighted by molar-refractivity contribution is -0.140. The molecule has 2 aromatic heterocycles. The SMILES string of the molecule is FC(F)(F)c1cn2cc(C3=CCN=CC3)ncc2n1. The average Bonchev–Trinajstić information content (AvgIpc) is 2.82. The first-order valence-electron chi connectivity index (χ1n) is 5.64. The van der Waals surface area contributed by atoms with E-state index in [1.165, 1.54) is 10.6 Å². The number of allylic oxidation sites excluding steroid dienone is 1. The van der Waals surface area contributed by atoms with Gasteiger partial charge in [-0.2, -0.15) is 13.2 Å². The van der Waals surface area contributed by atoms with Crippen molar-refractivity contribution in [2.24, 2.45) is 4.99 Å². The highest BCUT2D eigenvalue weighted by molar-refractivity contribution is 5.80. The third-order valence-electron chi connectivity index (χ3n) is 2.84. The molecule has 98 valence electrons. The Balaban J connectivity index is 2.03. The van der Waals surface area contributed by atoms with Crippen LogP contribution < -0.4 is 0 Å². The summed E-state index contributed by atoms with van der Waals surface area (Å²) in [4.78, 5) is 11.7. The zero-order valence-corrected chi connectivity index (χ0v) is 9.72. The molecule has 4 nitrogen and oxygen atoms in total. The van der Waals surface area contributed by atoms with Crippen LogP contribution in [0.1, 0.15) is 17.8 Å². The van der Waals surface area contributed by atoms with E-state index in [0.29, 0.717) is 18.7 Å². The molecule has 3 rings (SSSR count). The van der Waals surface area contributed by atoms with E-state index in [-0.39, 0.29) is 5.65 Å². The van der Waals surface area contributed by atoms with Gasteiger partial charge in [0.25, 0.3) is 0 Å². The minimum Gasteiger partial charge on any atom is -0.303 e. The predicted octanol–water partition coefficient (Wildman–Crippen LogP) is 2.61. The van der Waals surface area contributed by atoms with E-state index < -0.39 is 11.9 Å². The van der Waals surface area contributed by atoms with Crippen LogP contribution >= 0.6 is 0 Å². The third-order valence-corrected chi connectivity index (χ3v) is 2.84. The minimum absolute atomic E-state index is 0.182. The summed E-state index contributed by atoms with van der Waals surface area (Å²) in [5.41, 5.74) is 0.871. The van der Waals surface area contributed by atoms with Crippen LogP contribution in [0.5, 0.6) is 0 Å². The Bertz CT molecular complexity index is 682. The number of imidazole rings is 1. The summed E-state index contributed by atoms with van der Waals surface area (Å²) < 4.78 is 39.0. The van der Waals surface area contributed by atoms with Crippen LogP contribution in [0.3, 0.4) is 0 Å². The van der Waals surface area contributed by atoms with Crippen LogP contribution in [0, 0.1) is 0 Å². The first-order valence-corrected chi connectivity index (χ1v) is 5.64. The monoisotopic (exact) mass is 266 g/mol. The maximum absolute atomic E-state index is 12.6. The lowest BCUT2D eigenvalue weighted by atomic mass is 10.1. The van der Waals surface area contributed by atoms with Gasteiger partial charge in [-0.3, -0.25) is 9.98 Å². The second kappa shape index (κ2) is 4.18. The number of aromatic nitrogens is 3. The number of rotatable bonds is 1. The quantitative estimate of drug-likeness (QED) is 0.796. The van der Waals surface area contributed by atoms with Crippen LogP contribution in [-0.4, -0.2) is 27.1 Å². The molecule has 2 aromatic rings. The Morgan fingerprint density at radius 3 is 2.74 bits per heavy atom. The van der Waals surface area contributed by atoms with Crippen molar-refractivity contribution < 1.29 is 13.2 Å². The molecule has 1 aliphatic rings. The van der Waals surface area contributed by atoms with E-state index in [9.17, 15) is 13.2 Å². The van der Waals surface area contributed by atoms with Gasteiger partial charge in [0.1, 0.15) is 0 Å². The number of alkyl halides is 3. The van der Waals surface area contributed by atoms with Gasteiger partial charge in [-0.25, -0.2) is 4.98 Å². The number of hydrogen-bond acceptors (Lipinski definition) is 3. The fourth-order valence-corrected chi connectivity index (χ4v) is 1.89. The van der Waals surface area contributed by atoms with Crippen LogP contribution in [0.25, 0.3) is 11.2 Å². The van der Waals surface area contributed by atoms with Crippen molar-refractivity contribution in [3.8, 4) is 0 Å². The van der Waals surface area contributed by atoms with Crippen LogP contribution in [0.4, 0.5) is 13.2 Å². The molecule has 0 bridgehead atoms. The molecule has 0 radical (unpaired) electrons. The van der Waals surface area contributed by atoms with Gasteiger partial charge in [0.05, 0.1) is 18.4 Å². The molecule has 0 unspecified atom stereocenters. The summed E-state index contributed by atoms with van der Waals surface area (Å²) in [5, 5.41) is 0. The zero-order chi connectivity index (χ0) is 13.5. The summed E-state index contributed by atoms with van der Waals surface area (Å²) >= 11 is 0. The molecule has 0 aromatic carbocycles. The van der Waals surface area contributed by atoms with E-state index in [0.717, 1.165) is 11.8 Å². The average molecular weight is 266 g/mol. The predicted molar refractivity (Wildman–Crippen MR) is 63.9 cm³/mol. The van der Waals surface area contributed by atoms with E-state index in [1.807, 2.05) is 6.08 Å². The summed E-state index contributed by atoms with van der Waals surface area (Å²) in [7, 11) is 0. The fourth-order valence-electron chi connectivity index (χ4n) is 1.89. The highest BCUT2D eigenvalue weighted by atomic mass is 19.4. The third kappa shape index (κ3) is 2.23.